The first-order valence-electron chi connectivity index (χ1n) is 7.28. The van der Waals surface area contributed by atoms with Gasteiger partial charge in [0.1, 0.15) is 12.2 Å². The maximum atomic E-state index is 6.20. The van der Waals surface area contributed by atoms with Crippen LogP contribution in [0.1, 0.15) is 32.2 Å². The Morgan fingerprint density at radius 1 is 1.29 bits per heavy atom. The van der Waals surface area contributed by atoms with Crippen molar-refractivity contribution in [2.75, 3.05) is 5.88 Å². The normalized spacial score (nSPS) is 14.3. The van der Waals surface area contributed by atoms with Crippen LogP contribution in [0.25, 0.3) is 0 Å². The Kier molecular flexibility index (Phi) is 5.37. The van der Waals surface area contributed by atoms with Crippen LogP contribution < -0.4 is 5.32 Å². The molecule has 114 valence electrons. The molecule has 0 aliphatic rings. The number of rotatable bonds is 7. The Morgan fingerprint density at radius 3 is 2.62 bits per heavy atom. The molecule has 1 heterocycles. The van der Waals surface area contributed by atoms with Crippen molar-refractivity contribution < 1.29 is 0 Å². The molecule has 0 aliphatic heterocycles. The van der Waals surface area contributed by atoms with Crippen LogP contribution in [0.3, 0.4) is 0 Å². The van der Waals surface area contributed by atoms with Crippen molar-refractivity contribution >= 4 is 11.6 Å². The fourth-order valence-electron chi connectivity index (χ4n) is 2.23. The summed E-state index contributed by atoms with van der Waals surface area (Å²) in [6.45, 7) is 7.97. The van der Waals surface area contributed by atoms with Gasteiger partial charge in [-0.1, -0.05) is 44.2 Å². The first kappa shape index (κ1) is 16.0. The van der Waals surface area contributed by atoms with Gasteiger partial charge in [0.25, 0.3) is 0 Å². The van der Waals surface area contributed by atoms with E-state index >= 15 is 0 Å². The van der Waals surface area contributed by atoms with E-state index in [9.17, 15) is 0 Å². The molecule has 1 unspecified atom stereocenters. The van der Waals surface area contributed by atoms with Crippen LogP contribution in [0.4, 0.5) is 0 Å². The Balaban J connectivity index is 2.09. The van der Waals surface area contributed by atoms with E-state index in [1.807, 2.05) is 22.9 Å². The molecule has 0 spiro atoms. The molecule has 0 fully saturated rings. The number of nitrogens with one attached hydrogen (secondary N) is 1. The fraction of sp³-hybridized carbons (Fsp3) is 0.500. The third kappa shape index (κ3) is 4.05. The van der Waals surface area contributed by atoms with Gasteiger partial charge in [-0.15, -0.1) is 11.6 Å². The van der Waals surface area contributed by atoms with Crippen molar-refractivity contribution in [3.63, 3.8) is 0 Å². The van der Waals surface area contributed by atoms with E-state index in [0.717, 1.165) is 12.4 Å². The maximum Gasteiger partial charge on any atom is 0.140 e. The van der Waals surface area contributed by atoms with E-state index in [2.05, 4.69) is 48.3 Å². The lowest BCUT2D eigenvalue weighted by Crippen LogP contribution is -2.41. The summed E-state index contributed by atoms with van der Waals surface area (Å²) >= 11 is 6.20. The highest BCUT2D eigenvalue weighted by molar-refractivity contribution is 6.18. The largest absolute Gasteiger partial charge is 0.299 e. The molecule has 0 saturated carbocycles. The van der Waals surface area contributed by atoms with Crippen LogP contribution in [-0.4, -0.2) is 20.6 Å². The number of hydrogen-bond acceptors (Lipinski definition) is 3. The van der Waals surface area contributed by atoms with Gasteiger partial charge in [0, 0.05) is 12.4 Å². The molecule has 1 aromatic heterocycles. The first-order valence-corrected chi connectivity index (χ1v) is 7.82. The molecule has 1 N–H and O–H groups in total. The molecule has 2 aromatic rings. The van der Waals surface area contributed by atoms with Gasteiger partial charge in [-0.3, -0.25) is 5.32 Å². The summed E-state index contributed by atoms with van der Waals surface area (Å²) < 4.78 is 1.96. The number of halogens is 1. The third-order valence-electron chi connectivity index (χ3n) is 3.55. The van der Waals surface area contributed by atoms with Gasteiger partial charge >= 0.3 is 0 Å². The second-order valence-electron chi connectivity index (χ2n) is 5.94. The average Bonchev–Trinajstić information content (AvgIpc) is 2.92. The predicted molar refractivity (Wildman–Crippen MR) is 86.2 cm³/mol. The molecular weight excluding hydrogens is 284 g/mol. The van der Waals surface area contributed by atoms with Crippen LogP contribution in [0.2, 0.25) is 0 Å². The molecule has 1 aromatic carbocycles. The van der Waals surface area contributed by atoms with Crippen molar-refractivity contribution in [1.82, 2.24) is 20.1 Å². The van der Waals surface area contributed by atoms with Crippen molar-refractivity contribution in [2.24, 2.45) is 5.92 Å². The second kappa shape index (κ2) is 7.05. The average molecular weight is 307 g/mol. The zero-order valence-electron chi connectivity index (χ0n) is 12.9. The number of hydrogen-bond donors (Lipinski definition) is 1. The minimum atomic E-state index is -0.280. The van der Waals surface area contributed by atoms with Gasteiger partial charge < -0.3 is 0 Å². The Labute approximate surface area is 131 Å². The van der Waals surface area contributed by atoms with Crippen molar-refractivity contribution in [3.05, 3.63) is 48.0 Å². The second-order valence-corrected chi connectivity index (χ2v) is 6.20. The SMILES string of the molecule is CC(C)Cn1ncnc1CNC(C)(CCl)c1ccccc1. The van der Waals surface area contributed by atoms with Crippen LogP contribution >= 0.6 is 11.6 Å². The summed E-state index contributed by atoms with van der Waals surface area (Å²) in [6.07, 6.45) is 1.61. The first-order chi connectivity index (χ1) is 10.0. The molecule has 21 heavy (non-hydrogen) atoms. The van der Waals surface area contributed by atoms with Gasteiger partial charge in [-0.25, -0.2) is 9.67 Å². The van der Waals surface area contributed by atoms with Gasteiger partial charge in [0.15, 0.2) is 0 Å². The van der Waals surface area contributed by atoms with E-state index in [1.54, 1.807) is 6.33 Å². The molecule has 0 bridgehead atoms. The molecule has 0 radical (unpaired) electrons. The van der Waals surface area contributed by atoms with Crippen LogP contribution in [-0.2, 0) is 18.6 Å². The number of alkyl halides is 1. The highest BCUT2D eigenvalue weighted by Crippen LogP contribution is 2.22. The van der Waals surface area contributed by atoms with E-state index in [4.69, 9.17) is 11.6 Å². The van der Waals surface area contributed by atoms with Crippen molar-refractivity contribution in [1.29, 1.82) is 0 Å². The molecular formula is C16H23ClN4. The number of aromatic nitrogens is 3. The van der Waals surface area contributed by atoms with Crippen LogP contribution in [0, 0.1) is 5.92 Å². The highest BCUT2D eigenvalue weighted by atomic mass is 35.5. The Hall–Kier alpha value is -1.39. The quantitative estimate of drug-likeness (QED) is 0.799. The summed E-state index contributed by atoms with van der Waals surface area (Å²) in [6, 6.07) is 10.3. The topological polar surface area (TPSA) is 42.7 Å². The van der Waals surface area contributed by atoms with E-state index < -0.39 is 0 Å². The molecule has 2 rings (SSSR count). The molecule has 0 aliphatic carbocycles. The summed E-state index contributed by atoms with van der Waals surface area (Å²) in [5.41, 5.74) is 0.896. The maximum absolute atomic E-state index is 6.20. The monoisotopic (exact) mass is 306 g/mol. The molecule has 4 nitrogen and oxygen atoms in total. The highest BCUT2D eigenvalue weighted by Gasteiger charge is 2.25. The van der Waals surface area contributed by atoms with E-state index in [1.165, 1.54) is 5.56 Å². The zero-order valence-corrected chi connectivity index (χ0v) is 13.6. The van der Waals surface area contributed by atoms with Gasteiger partial charge in [0.05, 0.1) is 12.1 Å². The molecule has 0 amide bonds. The fourth-order valence-corrected chi connectivity index (χ4v) is 2.48. The molecule has 1 atom stereocenters. The van der Waals surface area contributed by atoms with E-state index in [-0.39, 0.29) is 5.54 Å². The standard InChI is InChI=1S/C16H23ClN4/c1-13(2)10-21-15(18-12-20-21)9-19-16(3,11-17)14-7-5-4-6-8-14/h4-8,12-13,19H,9-11H2,1-3H3. The molecule has 0 saturated heterocycles. The minimum Gasteiger partial charge on any atom is -0.299 e. The number of nitrogens with zero attached hydrogens (tertiary/aromatic N) is 3. The van der Waals surface area contributed by atoms with E-state index in [0.29, 0.717) is 18.3 Å². The van der Waals surface area contributed by atoms with Gasteiger partial charge in [-0.2, -0.15) is 5.10 Å². The smallest absolute Gasteiger partial charge is 0.140 e. The predicted octanol–water partition coefficient (Wildman–Crippen LogP) is 3.18. The summed E-state index contributed by atoms with van der Waals surface area (Å²) in [7, 11) is 0. The Bertz CT molecular complexity index is 552. The van der Waals surface area contributed by atoms with Crippen molar-refractivity contribution in [3.8, 4) is 0 Å². The van der Waals surface area contributed by atoms with Crippen LogP contribution in [0.5, 0.6) is 0 Å². The Morgan fingerprint density at radius 2 is 2.00 bits per heavy atom. The summed E-state index contributed by atoms with van der Waals surface area (Å²) in [5, 5.41) is 7.81. The third-order valence-corrected chi connectivity index (χ3v) is 4.08. The van der Waals surface area contributed by atoms with Crippen LogP contribution in [0.15, 0.2) is 36.7 Å². The lowest BCUT2D eigenvalue weighted by atomic mass is 9.94. The van der Waals surface area contributed by atoms with Gasteiger partial charge in [-0.05, 0) is 18.4 Å². The number of benzene rings is 1. The minimum absolute atomic E-state index is 0.280. The molecule has 5 heteroatoms. The van der Waals surface area contributed by atoms with Gasteiger partial charge in [0.2, 0.25) is 0 Å². The summed E-state index contributed by atoms with van der Waals surface area (Å²) in [5.74, 6) is 1.98. The lowest BCUT2D eigenvalue weighted by molar-refractivity contribution is 0.383. The lowest BCUT2D eigenvalue weighted by Gasteiger charge is -2.29. The zero-order chi connectivity index (χ0) is 15.3. The summed E-state index contributed by atoms with van der Waals surface area (Å²) in [4.78, 5) is 4.35. The van der Waals surface area contributed by atoms with Crippen molar-refractivity contribution in [2.45, 2.75) is 39.4 Å².